The van der Waals surface area contributed by atoms with Crippen LogP contribution in [-0.4, -0.2) is 11.5 Å². The van der Waals surface area contributed by atoms with Crippen molar-refractivity contribution in [3.05, 3.63) is 46.5 Å². The number of hydrogen-bond donors (Lipinski definition) is 1. The number of ketones is 1. The van der Waals surface area contributed by atoms with Gasteiger partial charge in [-0.05, 0) is 18.6 Å². The molecule has 1 unspecified atom stereocenters. The Kier molecular flexibility index (Phi) is 5.20. The van der Waals surface area contributed by atoms with Crippen LogP contribution in [0, 0.1) is 0 Å². The fraction of sp³-hybridized carbons (Fsp3) is 0.357. The van der Waals surface area contributed by atoms with Crippen LogP contribution < -0.4 is 5.73 Å². The summed E-state index contributed by atoms with van der Waals surface area (Å²) in [6.07, 6.45) is 1.35. The number of unbranched alkanes of at least 4 members (excludes halogenated alkanes) is 1. The maximum Gasteiger partial charge on any atom is 0.249 e. The van der Waals surface area contributed by atoms with Crippen LogP contribution in [0.5, 0.6) is 0 Å². The molecule has 0 radical (unpaired) electrons. The number of carbonyl (C=O) groups excluding carboxylic acids is 1. The minimum atomic E-state index is -0.742. The summed E-state index contributed by atoms with van der Waals surface area (Å²) in [6, 6.07) is 6.90. The number of carbonyl (C=O) groups is 1. The summed E-state index contributed by atoms with van der Waals surface area (Å²) in [6.45, 7) is 2.09. The summed E-state index contributed by atoms with van der Waals surface area (Å²) in [4.78, 5) is 12.2. The molecule has 0 aliphatic carbocycles. The Hall–Kier alpha value is -1.33. The van der Waals surface area contributed by atoms with Gasteiger partial charge in [0.1, 0.15) is 0 Å². The van der Waals surface area contributed by atoms with Gasteiger partial charge in [0.2, 0.25) is 17.4 Å². The molecule has 0 saturated heterocycles. The number of halogens is 1. The average molecular weight is 314 g/mol. The summed E-state index contributed by atoms with van der Waals surface area (Å²) in [7, 11) is 0. The molecule has 0 amide bonds. The Morgan fingerprint density at radius 2 is 2.10 bits per heavy atom. The molecule has 1 aliphatic heterocycles. The number of benzene rings is 1. The minimum Gasteiger partial charge on any atom is -0.460 e. The van der Waals surface area contributed by atoms with E-state index in [4.69, 9.17) is 26.3 Å². The number of ether oxygens (including phenoxy) is 1. The predicted octanol–water partition coefficient (Wildman–Crippen LogP) is 3.57. The second-order valence-electron chi connectivity index (χ2n) is 4.37. The van der Waals surface area contributed by atoms with Crippen LogP contribution in [0.2, 0.25) is 5.02 Å². The summed E-state index contributed by atoms with van der Waals surface area (Å²) < 4.78 is 10.8. The van der Waals surface area contributed by atoms with Gasteiger partial charge in [-0.3, -0.25) is 4.79 Å². The number of nitrogens with two attached hydrogens (primary N) is 1. The van der Waals surface area contributed by atoms with E-state index in [1.807, 2.05) is 0 Å². The molecule has 2 N–H and O–H groups in total. The van der Waals surface area contributed by atoms with E-state index in [1.165, 1.54) is 12.0 Å². The molecule has 1 aromatic carbocycles. The molecule has 1 heterocycles. The molecular formula is C14H16ClNO3S. The zero-order chi connectivity index (χ0) is 14.5. The van der Waals surface area contributed by atoms with Gasteiger partial charge in [-0.1, -0.05) is 37.1 Å². The quantitative estimate of drug-likeness (QED) is 0.642. The monoisotopic (exact) mass is 313 g/mol. The smallest absolute Gasteiger partial charge is 0.249 e. The molecule has 0 saturated carbocycles. The molecule has 0 aromatic heterocycles. The molecule has 6 heteroatoms. The van der Waals surface area contributed by atoms with Crippen molar-refractivity contribution in [2.45, 2.75) is 25.9 Å². The third-order valence-corrected chi connectivity index (χ3v) is 3.82. The van der Waals surface area contributed by atoms with Gasteiger partial charge in [-0.25, -0.2) is 0 Å². The first kappa shape index (κ1) is 15.1. The maximum absolute atomic E-state index is 12.2. The lowest BCUT2D eigenvalue weighted by Gasteiger charge is -2.09. The van der Waals surface area contributed by atoms with Gasteiger partial charge in [-0.15, -0.1) is 0 Å². The van der Waals surface area contributed by atoms with E-state index in [1.54, 1.807) is 24.3 Å². The van der Waals surface area contributed by atoms with Crippen molar-refractivity contribution >= 4 is 29.4 Å². The molecule has 1 aliphatic rings. The Labute approximate surface area is 127 Å². The summed E-state index contributed by atoms with van der Waals surface area (Å²) in [5, 5.41) is 0.603. The van der Waals surface area contributed by atoms with Crippen molar-refractivity contribution in [3.63, 3.8) is 0 Å². The Morgan fingerprint density at radius 3 is 2.75 bits per heavy atom. The number of Topliss-reactive ketones (excluding diaryl/α,β-unsaturated/α-hetero) is 1. The molecule has 1 atom stereocenters. The van der Waals surface area contributed by atoms with Crippen LogP contribution in [0.25, 0.3) is 0 Å². The lowest BCUT2D eigenvalue weighted by Crippen LogP contribution is -2.10. The van der Waals surface area contributed by atoms with Crippen molar-refractivity contribution < 1.29 is 13.7 Å². The first-order valence-corrected chi connectivity index (χ1v) is 7.68. The van der Waals surface area contributed by atoms with Gasteiger partial charge < -0.3 is 14.7 Å². The topological polar surface area (TPSA) is 61.6 Å². The fourth-order valence-corrected chi connectivity index (χ4v) is 2.62. The Morgan fingerprint density at radius 1 is 1.40 bits per heavy atom. The van der Waals surface area contributed by atoms with Gasteiger partial charge in [0.05, 0.1) is 12.0 Å². The van der Waals surface area contributed by atoms with Gasteiger partial charge in [0.25, 0.3) is 0 Å². The van der Waals surface area contributed by atoms with Crippen molar-refractivity contribution in [2.24, 2.45) is 5.73 Å². The van der Waals surface area contributed by atoms with Crippen molar-refractivity contribution in [3.8, 4) is 0 Å². The second-order valence-corrected chi connectivity index (χ2v) is 5.61. The van der Waals surface area contributed by atoms with Crippen LogP contribution in [0.1, 0.15) is 31.4 Å². The van der Waals surface area contributed by atoms with Crippen molar-refractivity contribution in [2.75, 3.05) is 5.75 Å². The summed E-state index contributed by atoms with van der Waals surface area (Å²) in [5.41, 5.74) is 6.42. The second kappa shape index (κ2) is 6.90. The lowest BCUT2D eigenvalue weighted by atomic mass is 10.1. The van der Waals surface area contributed by atoms with Gasteiger partial charge in [-0.2, -0.15) is 0 Å². The van der Waals surface area contributed by atoms with Gasteiger partial charge >= 0.3 is 0 Å². The van der Waals surface area contributed by atoms with Crippen LogP contribution in [0.3, 0.4) is 0 Å². The standard InChI is InChI=1S/C14H16ClNO3S/c1-2-3-8-20-19-13-11(17)12(18-14(13)16)9-4-6-10(15)7-5-9/h4-7,12H,2-3,8,16H2,1H3. The highest BCUT2D eigenvalue weighted by Gasteiger charge is 2.37. The summed E-state index contributed by atoms with van der Waals surface area (Å²) >= 11 is 7.04. The maximum atomic E-state index is 12.2. The van der Waals surface area contributed by atoms with Gasteiger partial charge in [0, 0.05) is 16.3 Å². The Bertz CT molecular complexity index is 516. The van der Waals surface area contributed by atoms with E-state index in [9.17, 15) is 4.79 Å². The minimum absolute atomic E-state index is 0.0407. The fourth-order valence-electron chi connectivity index (χ4n) is 1.72. The molecule has 0 bridgehead atoms. The molecule has 2 rings (SSSR count). The molecule has 0 spiro atoms. The highest BCUT2D eigenvalue weighted by Crippen LogP contribution is 2.33. The molecular weight excluding hydrogens is 298 g/mol. The first-order valence-electron chi connectivity index (χ1n) is 6.39. The van der Waals surface area contributed by atoms with E-state index in [-0.39, 0.29) is 17.4 Å². The molecule has 4 nitrogen and oxygen atoms in total. The highest BCUT2D eigenvalue weighted by atomic mass is 35.5. The van der Waals surface area contributed by atoms with E-state index >= 15 is 0 Å². The largest absolute Gasteiger partial charge is 0.460 e. The predicted molar refractivity (Wildman–Crippen MR) is 79.9 cm³/mol. The molecule has 0 fully saturated rings. The van der Waals surface area contributed by atoms with Crippen molar-refractivity contribution in [1.29, 1.82) is 0 Å². The molecule has 20 heavy (non-hydrogen) atoms. The number of rotatable bonds is 6. The number of hydrogen-bond acceptors (Lipinski definition) is 5. The van der Waals surface area contributed by atoms with Crippen LogP contribution in [-0.2, 0) is 13.7 Å². The van der Waals surface area contributed by atoms with Gasteiger partial charge in [0.15, 0.2) is 6.10 Å². The van der Waals surface area contributed by atoms with Crippen LogP contribution in [0.15, 0.2) is 35.9 Å². The zero-order valence-corrected chi connectivity index (χ0v) is 12.7. The van der Waals surface area contributed by atoms with Crippen LogP contribution in [0.4, 0.5) is 0 Å². The molecule has 1 aromatic rings. The van der Waals surface area contributed by atoms with Crippen molar-refractivity contribution in [1.82, 2.24) is 0 Å². The lowest BCUT2D eigenvalue weighted by molar-refractivity contribution is -0.122. The van der Waals surface area contributed by atoms with E-state index in [0.717, 1.165) is 18.6 Å². The first-order chi connectivity index (χ1) is 9.63. The normalized spacial score (nSPS) is 18.3. The third-order valence-electron chi connectivity index (χ3n) is 2.83. The molecule has 108 valence electrons. The average Bonchev–Trinajstić information content (AvgIpc) is 2.72. The summed E-state index contributed by atoms with van der Waals surface area (Å²) in [5.74, 6) is 0.699. The van der Waals surface area contributed by atoms with E-state index in [0.29, 0.717) is 10.6 Å². The Balaban J connectivity index is 2.01. The van der Waals surface area contributed by atoms with E-state index < -0.39 is 6.10 Å². The highest BCUT2D eigenvalue weighted by molar-refractivity contribution is 7.94. The zero-order valence-electron chi connectivity index (χ0n) is 11.1. The van der Waals surface area contributed by atoms with E-state index in [2.05, 4.69) is 6.92 Å². The van der Waals surface area contributed by atoms with Crippen LogP contribution >= 0.6 is 23.6 Å². The third kappa shape index (κ3) is 3.41. The SMILES string of the molecule is CCCCSOC1=C(N)OC(c2ccc(Cl)cc2)C1=O.